The van der Waals surface area contributed by atoms with Gasteiger partial charge in [-0.1, -0.05) is 12.7 Å². The summed E-state index contributed by atoms with van der Waals surface area (Å²) in [6.07, 6.45) is 3.70. The first-order valence-electron chi connectivity index (χ1n) is 7.48. The van der Waals surface area contributed by atoms with Crippen LogP contribution in [-0.4, -0.2) is 28.6 Å². The molecule has 0 bridgehead atoms. The van der Waals surface area contributed by atoms with E-state index in [0.29, 0.717) is 35.6 Å². The smallest absolute Gasteiger partial charge is 0.336 e. The molecule has 1 atom stereocenters. The Morgan fingerprint density at radius 3 is 2.96 bits per heavy atom. The minimum atomic E-state index is -1.06. The lowest BCUT2D eigenvalue weighted by Crippen LogP contribution is -2.32. The van der Waals surface area contributed by atoms with Gasteiger partial charge in [0.1, 0.15) is 11.4 Å². The average Bonchev–Trinajstić information content (AvgIpc) is 2.61. The van der Waals surface area contributed by atoms with Crippen LogP contribution in [0.1, 0.15) is 44.4 Å². The van der Waals surface area contributed by atoms with E-state index in [9.17, 15) is 9.59 Å². The summed E-state index contributed by atoms with van der Waals surface area (Å²) in [7, 11) is 0. The lowest BCUT2D eigenvalue weighted by molar-refractivity contribution is 0.0696. The van der Waals surface area contributed by atoms with Gasteiger partial charge >= 0.3 is 5.97 Å². The van der Waals surface area contributed by atoms with Gasteiger partial charge in [-0.15, -0.1) is 0 Å². The molecule has 0 spiro atoms. The molecule has 24 heavy (non-hydrogen) atoms. The Bertz CT molecular complexity index is 816. The summed E-state index contributed by atoms with van der Waals surface area (Å²) in [5.74, 6) is -0.681. The quantitative estimate of drug-likeness (QED) is 0.902. The molecule has 0 saturated carbocycles. The predicted molar refractivity (Wildman–Crippen MR) is 88.0 cm³/mol. The van der Waals surface area contributed by atoms with Crippen LogP contribution >= 0.6 is 0 Å². The van der Waals surface area contributed by atoms with Crippen molar-refractivity contribution in [3.63, 3.8) is 0 Å². The van der Waals surface area contributed by atoms with E-state index in [0.717, 1.165) is 0 Å². The zero-order valence-corrected chi connectivity index (χ0v) is 12.9. The van der Waals surface area contributed by atoms with Gasteiger partial charge in [0.15, 0.2) is 0 Å². The number of carbonyl (C=O) groups is 2. The molecule has 3 rings (SSSR count). The summed E-state index contributed by atoms with van der Waals surface area (Å²) in [4.78, 5) is 27.9. The van der Waals surface area contributed by atoms with Crippen LogP contribution in [0.2, 0.25) is 0 Å². The largest absolute Gasteiger partial charge is 0.491 e. The van der Waals surface area contributed by atoms with E-state index in [4.69, 9.17) is 9.84 Å². The van der Waals surface area contributed by atoms with E-state index in [1.807, 2.05) is 6.07 Å². The SMILES string of the molecule is C=Cc1cc(C(=O)NC2CCOc3cccnc32)ccc1C(=O)O. The highest BCUT2D eigenvalue weighted by molar-refractivity contribution is 5.98. The Kier molecular flexibility index (Phi) is 4.29. The van der Waals surface area contributed by atoms with Crippen LogP contribution in [0, 0.1) is 0 Å². The van der Waals surface area contributed by atoms with E-state index < -0.39 is 5.97 Å². The molecule has 1 aliphatic rings. The van der Waals surface area contributed by atoms with Gasteiger partial charge in [-0.05, 0) is 35.9 Å². The molecule has 6 heteroatoms. The van der Waals surface area contributed by atoms with Crippen LogP contribution in [-0.2, 0) is 0 Å². The third-order valence-corrected chi connectivity index (χ3v) is 3.86. The fourth-order valence-corrected chi connectivity index (χ4v) is 2.66. The van der Waals surface area contributed by atoms with Crippen molar-refractivity contribution >= 4 is 18.0 Å². The summed E-state index contributed by atoms with van der Waals surface area (Å²) in [5.41, 5.74) is 1.59. The van der Waals surface area contributed by atoms with Crippen molar-refractivity contribution in [1.82, 2.24) is 10.3 Å². The molecule has 2 heterocycles. The highest BCUT2D eigenvalue weighted by Crippen LogP contribution is 2.29. The number of amides is 1. The number of carbonyl (C=O) groups excluding carboxylic acids is 1. The molecule has 1 unspecified atom stereocenters. The number of carboxylic acid groups (broad SMARTS) is 1. The van der Waals surface area contributed by atoms with Crippen LogP contribution in [0.3, 0.4) is 0 Å². The molecular formula is C18H16N2O4. The summed E-state index contributed by atoms with van der Waals surface area (Å²) in [6, 6.07) is 7.77. The molecule has 0 fully saturated rings. The highest BCUT2D eigenvalue weighted by atomic mass is 16.5. The van der Waals surface area contributed by atoms with Crippen molar-refractivity contribution in [3.05, 3.63) is 65.5 Å². The number of hydrogen-bond acceptors (Lipinski definition) is 4. The third kappa shape index (κ3) is 2.99. The summed E-state index contributed by atoms with van der Waals surface area (Å²) < 4.78 is 5.53. The van der Waals surface area contributed by atoms with Gasteiger partial charge < -0.3 is 15.2 Å². The van der Waals surface area contributed by atoms with Gasteiger partial charge in [0.2, 0.25) is 0 Å². The van der Waals surface area contributed by atoms with Crippen molar-refractivity contribution < 1.29 is 19.4 Å². The fraction of sp³-hybridized carbons (Fsp3) is 0.167. The number of nitrogens with one attached hydrogen (secondary N) is 1. The maximum atomic E-state index is 12.5. The summed E-state index contributed by atoms with van der Waals surface area (Å²) >= 11 is 0. The van der Waals surface area contributed by atoms with E-state index in [-0.39, 0.29) is 17.5 Å². The summed E-state index contributed by atoms with van der Waals surface area (Å²) in [6.45, 7) is 4.10. The molecule has 0 saturated heterocycles. The van der Waals surface area contributed by atoms with Crippen LogP contribution < -0.4 is 10.1 Å². The standard InChI is InChI=1S/C18H16N2O4/c1-2-11-10-12(5-6-13(11)18(22)23)17(21)20-14-7-9-24-15-4-3-8-19-16(14)15/h2-6,8,10,14H,1,7,9H2,(H,20,21)(H,22,23). The number of ether oxygens (including phenoxy) is 1. The number of aromatic carboxylic acids is 1. The Balaban J connectivity index is 1.84. The lowest BCUT2D eigenvalue weighted by atomic mass is 10.0. The number of carboxylic acids is 1. The van der Waals surface area contributed by atoms with E-state index in [1.165, 1.54) is 24.3 Å². The van der Waals surface area contributed by atoms with E-state index >= 15 is 0 Å². The minimum Gasteiger partial charge on any atom is -0.491 e. The van der Waals surface area contributed by atoms with Gasteiger partial charge in [0.05, 0.1) is 18.2 Å². The van der Waals surface area contributed by atoms with Crippen molar-refractivity contribution in [2.75, 3.05) is 6.61 Å². The normalized spacial score (nSPS) is 15.8. The molecule has 6 nitrogen and oxygen atoms in total. The zero-order valence-electron chi connectivity index (χ0n) is 12.9. The Labute approximate surface area is 138 Å². The van der Waals surface area contributed by atoms with E-state index in [1.54, 1.807) is 12.3 Å². The van der Waals surface area contributed by atoms with Crippen LogP contribution in [0.15, 0.2) is 43.1 Å². The van der Waals surface area contributed by atoms with Gasteiger partial charge in [0.25, 0.3) is 5.91 Å². The number of pyridine rings is 1. The third-order valence-electron chi connectivity index (χ3n) is 3.86. The molecule has 1 aliphatic heterocycles. The Hall–Kier alpha value is -3.15. The molecular weight excluding hydrogens is 308 g/mol. The van der Waals surface area contributed by atoms with Gasteiger partial charge in [0, 0.05) is 18.2 Å². The maximum Gasteiger partial charge on any atom is 0.336 e. The topological polar surface area (TPSA) is 88.5 Å². The van der Waals surface area contributed by atoms with Crippen molar-refractivity contribution in [2.24, 2.45) is 0 Å². The molecule has 1 amide bonds. The number of hydrogen-bond donors (Lipinski definition) is 2. The molecule has 1 aromatic carbocycles. The molecule has 2 N–H and O–H groups in total. The van der Waals surface area contributed by atoms with Crippen molar-refractivity contribution in [1.29, 1.82) is 0 Å². The van der Waals surface area contributed by atoms with Crippen LogP contribution in [0.5, 0.6) is 5.75 Å². The monoisotopic (exact) mass is 324 g/mol. The molecule has 1 aromatic heterocycles. The summed E-state index contributed by atoms with van der Waals surface area (Å²) in [5, 5.41) is 12.1. The van der Waals surface area contributed by atoms with Crippen molar-refractivity contribution in [3.8, 4) is 5.75 Å². The van der Waals surface area contributed by atoms with Crippen LogP contribution in [0.4, 0.5) is 0 Å². The molecule has 122 valence electrons. The number of benzene rings is 1. The minimum absolute atomic E-state index is 0.111. The molecule has 0 radical (unpaired) electrons. The number of fused-ring (bicyclic) bond motifs is 1. The van der Waals surface area contributed by atoms with E-state index in [2.05, 4.69) is 16.9 Å². The average molecular weight is 324 g/mol. The fourth-order valence-electron chi connectivity index (χ4n) is 2.66. The maximum absolute atomic E-state index is 12.5. The second kappa shape index (κ2) is 6.54. The van der Waals surface area contributed by atoms with Crippen LogP contribution in [0.25, 0.3) is 6.08 Å². The number of aromatic nitrogens is 1. The van der Waals surface area contributed by atoms with Gasteiger partial charge in [-0.2, -0.15) is 0 Å². The Morgan fingerprint density at radius 1 is 1.38 bits per heavy atom. The molecule has 2 aromatic rings. The number of nitrogens with zero attached hydrogens (tertiary/aromatic N) is 1. The zero-order chi connectivity index (χ0) is 17.1. The second-order valence-corrected chi connectivity index (χ2v) is 5.36. The molecule has 0 aliphatic carbocycles. The lowest BCUT2D eigenvalue weighted by Gasteiger charge is -2.25. The second-order valence-electron chi connectivity index (χ2n) is 5.36. The first-order chi connectivity index (χ1) is 11.6. The predicted octanol–water partition coefficient (Wildman–Crippen LogP) is 2.68. The van der Waals surface area contributed by atoms with Crippen molar-refractivity contribution in [2.45, 2.75) is 12.5 Å². The van der Waals surface area contributed by atoms with Gasteiger partial charge in [-0.3, -0.25) is 9.78 Å². The highest BCUT2D eigenvalue weighted by Gasteiger charge is 2.24. The first-order valence-corrected chi connectivity index (χ1v) is 7.48. The van der Waals surface area contributed by atoms with Gasteiger partial charge in [-0.25, -0.2) is 4.79 Å². The Morgan fingerprint density at radius 2 is 2.21 bits per heavy atom. The first kappa shape index (κ1) is 15.7. The number of rotatable bonds is 4.